The molecule has 0 aromatic heterocycles. The molecule has 21 heavy (non-hydrogen) atoms. The Morgan fingerprint density at radius 3 is 2.48 bits per heavy atom. The van der Waals surface area contributed by atoms with Crippen molar-refractivity contribution in [3.05, 3.63) is 33.6 Å². The van der Waals surface area contributed by atoms with Gasteiger partial charge in [0.25, 0.3) is 11.6 Å². The van der Waals surface area contributed by atoms with Gasteiger partial charge in [0.1, 0.15) is 11.5 Å². The summed E-state index contributed by atoms with van der Waals surface area (Å²) in [6, 6.07) is 1.49. The Labute approximate surface area is 122 Å². The number of carbonyl (C=O) groups excluding carboxylic acids is 1. The number of nitrogens with two attached hydrogens (primary N) is 1. The summed E-state index contributed by atoms with van der Waals surface area (Å²) in [6.45, 7) is 5.87. The number of benzene rings is 1. The smallest absolute Gasteiger partial charge is 0.295 e. The number of nitrogen functional groups attached to an aromatic ring is 1. The Morgan fingerprint density at radius 1 is 1.43 bits per heavy atom. The third kappa shape index (κ3) is 3.90. The molecule has 1 atom stereocenters. The van der Waals surface area contributed by atoms with E-state index in [4.69, 9.17) is 5.73 Å². The van der Waals surface area contributed by atoms with Gasteiger partial charge in [0.05, 0.1) is 16.6 Å². The molecule has 0 aliphatic rings. The molecule has 116 valence electrons. The Kier molecular flexibility index (Phi) is 5.63. The molecule has 0 aliphatic heterocycles. The average molecular weight is 297 g/mol. The van der Waals surface area contributed by atoms with Crippen LogP contribution in [0, 0.1) is 21.8 Å². The molecule has 1 aromatic rings. The number of nitro benzene ring substituents is 1. The van der Waals surface area contributed by atoms with Crippen molar-refractivity contribution in [2.75, 3.05) is 5.73 Å². The predicted octanol–water partition coefficient (Wildman–Crippen LogP) is 2.87. The molecule has 0 bridgehead atoms. The molecule has 1 unspecified atom stereocenters. The minimum Gasteiger partial charge on any atom is -0.393 e. The third-order valence-corrected chi connectivity index (χ3v) is 3.68. The van der Waals surface area contributed by atoms with Crippen molar-refractivity contribution in [1.82, 2.24) is 5.32 Å². The Bertz CT molecular complexity index is 545. The van der Waals surface area contributed by atoms with E-state index < -0.39 is 22.3 Å². The SMILES string of the molecule is CCC(CC)C(C)NC(=O)c1cc(F)cc([N+](=O)[O-])c1N. The summed E-state index contributed by atoms with van der Waals surface area (Å²) >= 11 is 0. The first-order valence-electron chi connectivity index (χ1n) is 6.86. The van der Waals surface area contributed by atoms with Crippen LogP contribution in [0.3, 0.4) is 0 Å². The molecule has 1 rings (SSSR count). The summed E-state index contributed by atoms with van der Waals surface area (Å²) in [6.07, 6.45) is 1.77. The second-order valence-corrected chi connectivity index (χ2v) is 4.98. The lowest BCUT2D eigenvalue weighted by Crippen LogP contribution is -2.38. The van der Waals surface area contributed by atoms with Crippen LogP contribution in [0.1, 0.15) is 44.0 Å². The number of hydrogen-bond donors (Lipinski definition) is 2. The zero-order valence-electron chi connectivity index (χ0n) is 12.4. The zero-order valence-corrected chi connectivity index (χ0v) is 12.4. The number of anilines is 1. The first kappa shape index (κ1) is 16.9. The first-order valence-corrected chi connectivity index (χ1v) is 6.86. The maximum absolute atomic E-state index is 13.4. The number of nitro groups is 1. The topological polar surface area (TPSA) is 98.3 Å². The number of hydrogen-bond acceptors (Lipinski definition) is 4. The molecule has 3 N–H and O–H groups in total. The van der Waals surface area contributed by atoms with Crippen LogP contribution in [0.4, 0.5) is 15.8 Å². The van der Waals surface area contributed by atoms with Gasteiger partial charge in [-0.15, -0.1) is 0 Å². The van der Waals surface area contributed by atoms with E-state index in [0.717, 1.165) is 18.9 Å². The summed E-state index contributed by atoms with van der Waals surface area (Å²) in [5.41, 5.74) is 4.47. The van der Waals surface area contributed by atoms with Crippen LogP contribution < -0.4 is 11.1 Å². The number of rotatable bonds is 6. The fourth-order valence-corrected chi connectivity index (χ4v) is 2.34. The van der Waals surface area contributed by atoms with Gasteiger partial charge >= 0.3 is 0 Å². The van der Waals surface area contributed by atoms with E-state index in [1.54, 1.807) is 0 Å². The summed E-state index contributed by atoms with van der Waals surface area (Å²) in [4.78, 5) is 22.2. The van der Waals surface area contributed by atoms with Crippen LogP contribution >= 0.6 is 0 Å². The van der Waals surface area contributed by atoms with Crippen molar-refractivity contribution in [3.8, 4) is 0 Å². The molecule has 0 radical (unpaired) electrons. The molecular weight excluding hydrogens is 277 g/mol. The normalized spacial score (nSPS) is 12.2. The predicted molar refractivity (Wildman–Crippen MR) is 78.5 cm³/mol. The molecule has 0 spiro atoms. The van der Waals surface area contributed by atoms with Crippen molar-refractivity contribution in [3.63, 3.8) is 0 Å². The highest BCUT2D eigenvalue weighted by molar-refractivity contribution is 6.01. The molecule has 0 saturated carbocycles. The minimum atomic E-state index is -0.865. The van der Waals surface area contributed by atoms with Gasteiger partial charge in [-0.1, -0.05) is 26.7 Å². The maximum atomic E-state index is 13.4. The van der Waals surface area contributed by atoms with Gasteiger partial charge in [0.2, 0.25) is 0 Å². The summed E-state index contributed by atoms with van der Waals surface area (Å²) < 4.78 is 13.4. The van der Waals surface area contributed by atoms with Gasteiger partial charge in [-0.25, -0.2) is 4.39 Å². The lowest BCUT2D eigenvalue weighted by Gasteiger charge is -2.22. The van der Waals surface area contributed by atoms with Gasteiger partial charge in [-0.3, -0.25) is 14.9 Å². The highest BCUT2D eigenvalue weighted by atomic mass is 19.1. The van der Waals surface area contributed by atoms with Crippen LogP contribution in [0.15, 0.2) is 12.1 Å². The number of nitrogens with zero attached hydrogens (tertiary/aromatic N) is 1. The van der Waals surface area contributed by atoms with E-state index in [0.29, 0.717) is 6.07 Å². The maximum Gasteiger partial charge on any atom is 0.295 e. The van der Waals surface area contributed by atoms with E-state index in [1.165, 1.54) is 0 Å². The molecule has 6 nitrogen and oxygen atoms in total. The average Bonchev–Trinajstić information content (AvgIpc) is 2.41. The van der Waals surface area contributed by atoms with Gasteiger partial charge in [-0.2, -0.15) is 0 Å². The Balaban J connectivity index is 3.05. The second kappa shape index (κ2) is 7.01. The highest BCUT2D eigenvalue weighted by Gasteiger charge is 2.24. The minimum absolute atomic E-state index is 0.130. The molecule has 7 heteroatoms. The van der Waals surface area contributed by atoms with Gasteiger partial charge in [0, 0.05) is 6.04 Å². The van der Waals surface area contributed by atoms with Gasteiger partial charge in [-0.05, 0) is 18.9 Å². The van der Waals surface area contributed by atoms with Gasteiger partial charge in [0.15, 0.2) is 0 Å². The molecule has 0 heterocycles. The van der Waals surface area contributed by atoms with Crippen molar-refractivity contribution in [2.45, 2.75) is 39.7 Å². The van der Waals surface area contributed by atoms with Crippen molar-refractivity contribution in [1.29, 1.82) is 0 Å². The van der Waals surface area contributed by atoms with E-state index in [1.807, 2.05) is 20.8 Å². The van der Waals surface area contributed by atoms with Gasteiger partial charge < -0.3 is 11.1 Å². The van der Waals surface area contributed by atoms with Crippen LogP contribution in [-0.2, 0) is 0 Å². The van der Waals surface area contributed by atoms with E-state index in [9.17, 15) is 19.3 Å². The lowest BCUT2D eigenvalue weighted by atomic mass is 9.95. The Hall–Kier alpha value is -2.18. The van der Waals surface area contributed by atoms with Crippen LogP contribution in [0.2, 0.25) is 0 Å². The lowest BCUT2D eigenvalue weighted by molar-refractivity contribution is -0.384. The number of nitrogens with one attached hydrogen (secondary N) is 1. The summed E-state index contributed by atoms with van der Waals surface area (Å²) in [5, 5.41) is 13.5. The number of halogens is 1. The zero-order chi connectivity index (χ0) is 16.2. The molecular formula is C14H20FN3O3. The van der Waals surface area contributed by atoms with Crippen LogP contribution in [-0.4, -0.2) is 16.9 Å². The molecule has 0 fully saturated rings. The molecule has 0 saturated heterocycles. The Morgan fingerprint density at radius 2 is 2.00 bits per heavy atom. The molecule has 1 amide bonds. The van der Waals surface area contributed by atoms with Crippen molar-refractivity contribution >= 4 is 17.3 Å². The second-order valence-electron chi connectivity index (χ2n) is 4.98. The highest BCUT2D eigenvalue weighted by Crippen LogP contribution is 2.27. The monoisotopic (exact) mass is 297 g/mol. The van der Waals surface area contributed by atoms with E-state index in [-0.39, 0.29) is 23.2 Å². The van der Waals surface area contributed by atoms with Crippen molar-refractivity contribution < 1.29 is 14.1 Å². The van der Waals surface area contributed by atoms with Crippen LogP contribution in [0.5, 0.6) is 0 Å². The molecule has 1 aromatic carbocycles. The van der Waals surface area contributed by atoms with Crippen molar-refractivity contribution in [2.24, 2.45) is 5.92 Å². The summed E-state index contributed by atoms with van der Waals surface area (Å²) in [7, 11) is 0. The summed E-state index contributed by atoms with van der Waals surface area (Å²) in [5.74, 6) is -1.19. The van der Waals surface area contributed by atoms with E-state index in [2.05, 4.69) is 5.32 Å². The fraction of sp³-hybridized carbons (Fsp3) is 0.500. The van der Waals surface area contributed by atoms with E-state index >= 15 is 0 Å². The third-order valence-electron chi connectivity index (χ3n) is 3.68. The molecule has 0 aliphatic carbocycles. The standard InChI is InChI=1S/C14H20FN3O3/c1-4-9(5-2)8(3)17-14(19)11-6-10(15)7-12(13(11)16)18(20)21/h6-9H,4-5,16H2,1-3H3,(H,17,19). The largest absolute Gasteiger partial charge is 0.393 e. The van der Waals surface area contributed by atoms with Crippen LogP contribution in [0.25, 0.3) is 0 Å². The quantitative estimate of drug-likeness (QED) is 0.479. The first-order chi connectivity index (χ1) is 9.81. The number of carbonyl (C=O) groups is 1. The number of amides is 1. The fourth-order valence-electron chi connectivity index (χ4n) is 2.34.